The van der Waals surface area contributed by atoms with Crippen LogP contribution in [-0.4, -0.2) is 33.2 Å². The molecule has 1 aromatic heterocycles. The minimum Gasteiger partial charge on any atom is -0.377 e. The van der Waals surface area contributed by atoms with Gasteiger partial charge in [-0.25, -0.2) is 9.67 Å². The summed E-state index contributed by atoms with van der Waals surface area (Å²) in [6.45, 7) is 3.08. The lowest BCUT2D eigenvalue weighted by Gasteiger charge is -2.28. The van der Waals surface area contributed by atoms with Crippen molar-refractivity contribution in [1.82, 2.24) is 14.8 Å². The predicted molar refractivity (Wildman–Crippen MR) is 89.5 cm³/mol. The van der Waals surface area contributed by atoms with E-state index in [1.807, 2.05) is 35.0 Å². The Hall–Kier alpha value is -1.33. The Kier molecular flexibility index (Phi) is 5.51. The molecule has 1 aliphatic rings. The van der Waals surface area contributed by atoms with Crippen LogP contribution in [0, 0.1) is 5.92 Å². The summed E-state index contributed by atoms with van der Waals surface area (Å²) in [7, 11) is 0. The van der Waals surface area contributed by atoms with Crippen LogP contribution >= 0.6 is 11.8 Å². The molecule has 0 bridgehead atoms. The number of nitrogens with zero attached hydrogens (tertiary/aromatic N) is 3. The summed E-state index contributed by atoms with van der Waals surface area (Å²) in [6, 6.07) is 10.1. The van der Waals surface area contributed by atoms with Crippen molar-refractivity contribution in [2.24, 2.45) is 5.92 Å². The standard InChI is InChI=1S/C17H23N3OS/c1-14-7-5-6-10-16(14)21-11-12-22-17-18-13-20(19-17)15-8-3-2-4-9-15/h2-4,8-9,13-14,16H,5-7,10-12H2,1H3. The van der Waals surface area contributed by atoms with Crippen molar-refractivity contribution in [3.63, 3.8) is 0 Å². The molecular weight excluding hydrogens is 294 g/mol. The number of rotatable bonds is 6. The molecule has 0 aliphatic heterocycles. The first-order valence-corrected chi connectivity index (χ1v) is 9.03. The molecule has 2 unspecified atom stereocenters. The highest BCUT2D eigenvalue weighted by molar-refractivity contribution is 7.99. The summed E-state index contributed by atoms with van der Waals surface area (Å²) in [5, 5.41) is 5.30. The minimum absolute atomic E-state index is 0.448. The lowest BCUT2D eigenvalue weighted by Crippen LogP contribution is -2.26. The second kappa shape index (κ2) is 7.79. The number of aromatic nitrogens is 3. The van der Waals surface area contributed by atoms with Crippen LogP contribution < -0.4 is 0 Å². The van der Waals surface area contributed by atoms with E-state index < -0.39 is 0 Å². The van der Waals surface area contributed by atoms with Gasteiger partial charge in [0, 0.05) is 5.75 Å². The van der Waals surface area contributed by atoms with Crippen molar-refractivity contribution in [3.05, 3.63) is 36.7 Å². The van der Waals surface area contributed by atoms with Crippen LogP contribution in [0.1, 0.15) is 32.6 Å². The van der Waals surface area contributed by atoms with Crippen LogP contribution in [0.5, 0.6) is 0 Å². The van der Waals surface area contributed by atoms with Crippen molar-refractivity contribution >= 4 is 11.8 Å². The Labute approximate surface area is 136 Å². The highest BCUT2D eigenvalue weighted by Gasteiger charge is 2.21. The van der Waals surface area contributed by atoms with Crippen LogP contribution in [0.3, 0.4) is 0 Å². The second-order valence-corrected chi connectivity index (χ2v) is 6.89. The summed E-state index contributed by atoms with van der Waals surface area (Å²) in [6.07, 6.45) is 7.40. The van der Waals surface area contributed by atoms with Gasteiger partial charge in [-0.05, 0) is 30.9 Å². The van der Waals surface area contributed by atoms with E-state index in [1.54, 1.807) is 18.1 Å². The Bertz CT molecular complexity index is 572. The Morgan fingerprint density at radius 3 is 2.86 bits per heavy atom. The SMILES string of the molecule is CC1CCCCC1OCCSc1ncn(-c2ccccc2)n1. The van der Waals surface area contributed by atoms with Gasteiger partial charge in [-0.2, -0.15) is 0 Å². The molecule has 2 aromatic rings. The van der Waals surface area contributed by atoms with Crippen molar-refractivity contribution in [1.29, 1.82) is 0 Å². The Morgan fingerprint density at radius 1 is 1.23 bits per heavy atom. The molecule has 5 heteroatoms. The van der Waals surface area contributed by atoms with Gasteiger partial charge in [-0.3, -0.25) is 0 Å². The maximum Gasteiger partial charge on any atom is 0.208 e. The van der Waals surface area contributed by atoms with Gasteiger partial charge in [0.15, 0.2) is 0 Å². The van der Waals surface area contributed by atoms with Gasteiger partial charge in [0.05, 0.1) is 18.4 Å². The fourth-order valence-corrected chi connectivity index (χ4v) is 3.51. The number of para-hydroxylation sites is 1. The summed E-state index contributed by atoms with van der Waals surface area (Å²) >= 11 is 1.66. The molecule has 2 atom stereocenters. The average molecular weight is 317 g/mol. The zero-order valence-corrected chi connectivity index (χ0v) is 13.8. The quantitative estimate of drug-likeness (QED) is 0.597. The molecule has 1 heterocycles. The van der Waals surface area contributed by atoms with Crippen molar-refractivity contribution in [2.45, 2.75) is 43.9 Å². The van der Waals surface area contributed by atoms with Gasteiger partial charge >= 0.3 is 0 Å². The molecule has 22 heavy (non-hydrogen) atoms. The Balaban J connectivity index is 1.43. The number of hydrogen-bond acceptors (Lipinski definition) is 4. The molecule has 3 rings (SSSR count). The molecule has 0 amide bonds. The predicted octanol–water partition coefficient (Wildman–Crippen LogP) is 3.95. The van der Waals surface area contributed by atoms with Crippen LogP contribution in [0.2, 0.25) is 0 Å². The number of benzene rings is 1. The van der Waals surface area contributed by atoms with E-state index in [-0.39, 0.29) is 0 Å². The largest absolute Gasteiger partial charge is 0.377 e. The number of ether oxygens (including phenoxy) is 1. The molecule has 1 fully saturated rings. The molecule has 118 valence electrons. The molecule has 0 N–H and O–H groups in total. The normalized spacial score (nSPS) is 21.9. The fourth-order valence-electron chi connectivity index (χ4n) is 2.88. The lowest BCUT2D eigenvalue weighted by molar-refractivity contribution is 0.00345. The molecule has 1 aromatic carbocycles. The van der Waals surface area contributed by atoms with Gasteiger partial charge in [-0.15, -0.1) is 5.10 Å². The van der Waals surface area contributed by atoms with Crippen molar-refractivity contribution in [3.8, 4) is 5.69 Å². The average Bonchev–Trinajstić information content (AvgIpc) is 3.03. The molecule has 1 saturated carbocycles. The highest BCUT2D eigenvalue weighted by Crippen LogP contribution is 2.26. The maximum atomic E-state index is 6.03. The third-order valence-corrected chi connectivity index (χ3v) is 4.99. The second-order valence-electron chi connectivity index (χ2n) is 5.83. The van der Waals surface area contributed by atoms with Crippen LogP contribution in [0.4, 0.5) is 0 Å². The molecule has 4 nitrogen and oxygen atoms in total. The number of hydrogen-bond donors (Lipinski definition) is 0. The van der Waals surface area contributed by atoms with Crippen molar-refractivity contribution < 1.29 is 4.74 Å². The topological polar surface area (TPSA) is 39.9 Å². The smallest absolute Gasteiger partial charge is 0.208 e. The monoisotopic (exact) mass is 317 g/mol. The summed E-state index contributed by atoms with van der Waals surface area (Å²) < 4.78 is 7.84. The van der Waals surface area contributed by atoms with Crippen LogP contribution in [0.15, 0.2) is 41.8 Å². The van der Waals surface area contributed by atoms with E-state index in [2.05, 4.69) is 17.0 Å². The molecule has 1 aliphatic carbocycles. The van der Waals surface area contributed by atoms with E-state index in [9.17, 15) is 0 Å². The van der Waals surface area contributed by atoms with E-state index >= 15 is 0 Å². The molecule has 0 saturated heterocycles. The minimum atomic E-state index is 0.448. The first-order valence-electron chi connectivity index (χ1n) is 8.04. The van der Waals surface area contributed by atoms with Crippen molar-refractivity contribution in [2.75, 3.05) is 12.4 Å². The fraction of sp³-hybridized carbons (Fsp3) is 0.529. The zero-order valence-electron chi connectivity index (χ0n) is 13.0. The summed E-state index contributed by atoms with van der Waals surface area (Å²) in [5.74, 6) is 1.61. The first kappa shape index (κ1) is 15.6. The zero-order chi connectivity index (χ0) is 15.2. The molecule has 0 spiro atoms. The van der Waals surface area contributed by atoms with Gasteiger partial charge in [-0.1, -0.05) is 49.7 Å². The van der Waals surface area contributed by atoms with Crippen LogP contribution in [-0.2, 0) is 4.74 Å². The third-order valence-electron chi connectivity index (χ3n) is 4.17. The van der Waals surface area contributed by atoms with E-state index in [0.29, 0.717) is 12.0 Å². The number of thioether (sulfide) groups is 1. The van der Waals surface area contributed by atoms with E-state index in [1.165, 1.54) is 25.7 Å². The Morgan fingerprint density at radius 2 is 2.05 bits per heavy atom. The van der Waals surface area contributed by atoms with Gasteiger partial charge in [0.1, 0.15) is 6.33 Å². The summed E-state index contributed by atoms with van der Waals surface area (Å²) in [5.41, 5.74) is 1.04. The molecule has 0 radical (unpaired) electrons. The van der Waals surface area contributed by atoms with Gasteiger partial charge < -0.3 is 4.74 Å². The van der Waals surface area contributed by atoms with E-state index in [4.69, 9.17) is 4.74 Å². The van der Waals surface area contributed by atoms with Crippen LogP contribution in [0.25, 0.3) is 5.69 Å². The summed E-state index contributed by atoms with van der Waals surface area (Å²) in [4.78, 5) is 4.35. The maximum absolute atomic E-state index is 6.03. The molecular formula is C17H23N3OS. The van der Waals surface area contributed by atoms with Gasteiger partial charge in [0.25, 0.3) is 0 Å². The first-order chi connectivity index (χ1) is 10.8. The van der Waals surface area contributed by atoms with E-state index in [0.717, 1.165) is 23.2 Å². The highest BCUT2D eigenvalue weighted by atomic mass is 32.2. The lowest BCUT2D eigenvalue weighted by atomic mass is 9.88. The van der Waals surface area contributed by atoms with Gasteiger partial charge in [0.2, 0.25) is 5.16 Å². The third kappa shape index (κ3) is 4.11.